The molecule has 0 unspecified atom stereocenters. The van der Waals surface area contributed by atoms with Gasteiger partial charge in [-0.3, -0.25) is 0 Å². The third-order valence-corrected chi connectivity index (χ3v) is 3.92. The maximum absolute atomic E-state index is 2.61. The normalized spacial score (nSPS) is 11.6. The van der Waals surface area contributed by atoms with Gasteiger partial charge in [-0.2, -0.15) is 0 Å². The van der Waals surface area contributed by atoms with Gasteiger partial charge in [-0.15, -0.1) is 0 Å². The monoisotopic (exact) mass is 275 g/mol. The van der Waals surface area contributed by atoms with Gasteiger partial charge < -0.3 is 4.90 Å². The first-order valence-corrected chi connectivity index (χ1v) is 8.40. The first-order chi connectivity index (χ1) is 9.58. The van der Waals surface area contributed by atoms with Crippen LogP contribution in [0.2, 0.25) is 0 Å². The van der Waals surface area contributed by atoms with Crippen LogP contribution in [-0.2, 0) is 6.42 Å². The van der Waals surface area contributed by atoms with Crippen LogP contribution in [0, 0.1) is 6.92 Å². The fraction of sp³-hybridized carbons (Fsp3) is 0.684. The van der Waals surface area contributed by atoms with Crippen molar-refractivity contribution in [3.63, 3.8) is 0 Å². The highest BCUT2D eigenvalue weighted by molar-refractivity contribution is 5.33. The van der Waals surface area contributed by atoms with Crippen molar-refractivity contribution in [2.75, 3.05) is 19.6 Å². The van der Waals surface area contributed by atoms with Gasteiger partial charge in [0, 0.05) is 0 Å². The molecule has 1 rings (SSSR count). The van der Waals surface area contributed by atoms with Crippen molar-refractivity contribution >= 4 is 0 Å². The number of hydrogen-bond donors (Lipinski definition) is 0. The molecule has 0 radical (unpaired) electrons. The van der Waals surface area contributed by atoms with E-state index in [1.165, 1.54) is 50.9 Å². The van der Waals surface area contributed by atoms with Gasteiger partial charge >= 0.3 is 0 Å². The molecular formula is C19H33N. The summed E-state index contributed by atoms with van der Waals surface area (Å²) in [5, 5.41) is 0. The first kappa shape index (κ1) is 17.2. The van der Waals surface area contributed by atoms with Crippen LogP contribution >= 0.6 is 0 Å². The molecule has 0 aliphatic rings. The zero-order valence-corrected chi connectivity index (χ0v) is 14.2. The molecule has 0 saturated heterocycles. The van der Waals surface area contributed by atoms with Gasteiger partial charge in [-0.1, -0.05) is 51.5 Å². The average molecular weight is 275 g/mol. The van der Waals surface area contributed by atoms with Crippen LogP contribution in [0.5, 0.6) is 0 Å². The molecule has 0 N–H and O–H groups in total. The summed E-state index contributed by atoms with van der Waals surface area (Å²) in [5.74, 6) is 0.632. The van der Waals surface area contributed by atoms with Crippen molar-refractivity contribution in [3.8, 4) is 0 Å². The Morgan fingerprint density at radius 2 is 1.65 bits per heavy atom. The molecule has 0 atom stereocenters. The summed E-state index contributed by atoms with van der Waals surface area (Å²) in [6.07, 6.45) is 5.03. The van der Waals surface area contributed by atoms with Crippen LogP contribution in [0.1, 0.15) is 69.6 Å². The van der Waals surface area contributed by atoms with Crippen LogP contribution in [-0.4, -0.2) is 24.5 Å². The molecule has 1 aromatic carbocycles. The lowest BCUT2D eigenvalue weighted by Gasteiger charge is -2.21. The number of benzene rings is 1. The standard InChI is InChI=1S/C19H33N/c1-6-12-20(13-7-2)14-8-9-18-11-10-17(5)15-19(18)16(3)4/h10-11,15-16H,6-9,12-14H2,1-5H3. The second kappa shape index (κ2) is 9.18. The third kappa shape index (κ3) is 5.66. The van der Waals surface area contributed by atoms with Gasteiger partial charge in [0.15, 0.2) is 0 Å². The van der Waals surface area contributed by atoms with E-state index >= 15 is 0 Å². The molecule has 114 valence electrons. The van der Waals surface area contributed by atoms with Gasteiger partial charge in [0.25, 0.3) is 0 Å². The molecule has 0 spiro atoms. The smallest absolute Gasteiger partial charge is 0.00156 e. The molecule has 0 aromatic heterocycles. The van der Waals surface area contributed by atoms with E-state index in [4.69, 9.17) is 0 Å². The highest BCUT2D eigenvalue weighted by Crippen LogP contribution is 2.22. The molecule has 0 heterocycles. The van der Waals surface area contributed by atoms with E-state index in [0.29, 0.717) is 5.92 Å². The highest BCUT2D eigenvalue weighted by Gasteiger charge is 2.08. The van der Waals surface area contributed by atoms with Crippen molar-refractivity contribution in [1.29, 1.82) is 0 Å². The molecule has 0 amide bonds. The minimum absolute atomic E-state index is 0.632. The third-order valence-electron chi connectivity index (χ3n) is 3.92. The van der Waals surface area contributed by atoms with Crippen molar-refractivity contribution in [2.45, 2.75) is 66.2 Å². The summed E-state index contributed by atoms with van der Waals surface area (Å²) >= 11 is 0. The largest absolute Gasteiger partial charge is 0.303 e. The summed E-state index contributed by atoms with van der Waals surface area (Å²) in [6.45, 7) is 15.1. The second-order valence-electron chi connectivity index (χ2n) is 6.30. The summed E-state index contributed by atoms with van der Waals surface area (Å²) in [6, 6.07) is 6.97. The number of hydrogen-bond acceptors (Lipinski definition) is 1. The van der Waals surface area contributed by atoms with Gasteiger partial charge in [0.2, 0.25) is 0 Å². The molecule has 1 aromatic rings. The van der Waals surface area contributed by atoms with E-state index in [9.17, 15) is 0 Å². The predicted molar refractivity (Wildman–Crippen MR) is 90.6 cm³/mol. The molecule has 1 heteroatoms. The van der Waals surface area contributed by atoms with Crippen molar-refractivity contribution < 1.29 is 0 Å². The first-order valence-electron chi connectivity index (χ1n) is 8.40. The zero-order chi connectivity index (χ0) is 15.0. The second-order valence-corrected chi connectivity index (χ2v) is 6.30. The van der Waals surface area contributed by atoms with E-state index in [2.05, 4.69) is 57.7 Å². The fourth-order valence-corrected chi connectivity index (χ4v) is 2.94. The zero-order valence-electron chi connectivity index (χ0n) is 14.2. The molecule has 0 aliphatic carbocycles. The van der Waals surface area contributed by atoms with E-state index in [-0.39, 0.29) is 0 Å². The highest BCUT2D eigenvalue weighted by atomic mass is 15.1. The van der Waals surface area contributed by atoms with Gasteiger partial charge in [-0.25, -0.2) is 0 Å². The van der Waals surface area contributed by atoms with E-state index in [0.717, 1.165) is 0 Å². The van der Waals surface area contributed by atoms with Crippen LogP contribution in [0.25, 0.3) is 0 Å². The molecular weight excluding hydrogens is 242 g/mol. The quantitative estimate of drug-likeness (QED) is 0.600. The average Bonchev–Trinajstić information content (AvgIpc) is 2.40. The molecule has 1 nitrogen and oxygen atoms in total. The number of rotatable bonds is 9. The molecule has 0 bridgehead atoms. The Balaban J connectivity index is 2.56. The lowest BCUT2D eigenvalue weighted by molar-refractivity contribution is 0.271. The predicted octanol–water partition coefficient (Wildman–Crippen LogP) is 5.17. The Morgan fingerprint density at radius 3 is 2.20 bits per heavy atom. The molecule has 0 saturated carbocycles. The van der Waals surface area contributed by atoms with Crippen LogP contribution in [0.3, 0.4) is 0 Å². The maximum Gasteiger partial charge on any atom is -0.00156 e. The van der Waals surface area contributed by atoms with E-state index in [1.54, 1.807) is 11.1 Å². The maximum atomic E-state index is 2.61. The number of nitrogens with zero attached hydrogens (tertiary/aromatic N) is 1. The van der Waals surface area contributed by atoms with Crippen molar-refractivity contribution in [2.24, 2.45) is 0 Å². The minimum atomic E-state index is 0.632. The Morgan fingerprint density at radius 1 is 1.00 bits per heavy atom. The summed E-state index contributed by atoms with van der Waals surface area (Å²) in [5.41, 5.74) is 4.48. The van der Waals surface area contributed by atoms with E-state index in [1.807, 2.05) is 0 Å². The van der Waals surface area contributed by atoms with Crippen molar-refractivity contribution in [1.82, 2.24) is 4.90 Å². The van der Waals surface area contributed by atoms with Crippen LogP contribution in [0.4, 0.5) is 0 Å². The summed E-state index contributed by atoms with van der Waals surface area (Å²) in [4.78, 5) is 2.61. The summed E-state index contributed by atoms with van der Waals surface area (Å²) < 4.78 is 0. The summed E-state index contributed by atoms with van der Waals surface area (Å²) in [7, 11) is 0. The minimum Gasteiger partial charge on any atom is -0.303 e. The Labute approximate surface area is 126 Å². The fourth-order valence-electron chi connectivity index (χ4n) is 2.94. The lowest BCUT2D eigenvalue weighted by atomic mass is 9.93. The number of aryl methyl sites for hydroxylation is 2. The Kier molecular flexibility index (Phi) is 7.91. The Bertz CT molecular complexity index is 375. The molecule has 20 heavy (non-hydrogen) atoms. The topological polar surface area (TPSA) is 3.24 Å². The molecule has 0 aliphatic heterocycles. The van der Waals surface area contributed by atoms with Crippen LogP contribution in [0.15, 0.2) is 18.2 Å². The Hall–Kier alpha value is -0.820. The van der Waals surface area contributed by atoms with Gasteiger partial charge in [0.1, 0.15) is 0 Å². The van der Waals surface area contributed by atoms with Gasteiger partial charge in [-0.05, 0) is 69.3 Å². The SMILES string of the molecule is CCCN(CCC)CCCc1ccc(C)cc1C(C)C. The van der Waals surface area contributed by atoms with Crippen molar-refractivity contribution in [3.05, 3.63) is 34.9 Å². The van der Waals surface area contributed by atoms with Crippen LogP contribution < -0.4 is 0 Å². The van der Waals surface area contributed by atoms with Gasteiger partial charge in [0.05, 0.1) is 0 Å². The molecule has 0 fully saturated rings. The lowest BCUT2D eigenvalue weighted by Crippen LogP contribution is -2.26. The van der Waals surface area contributed by atoms with E-state index < -0.39 is 0 Å².